The Kier molecular flexibility index (Phi) is 13.4. The van der Waals surface area contributed by atoms with Gasteiger partial charge in [-0.15, -0.1) is 0 Å². The van der Waals surface area contributed by atoms with Crippen LogP contribution in [0, 0.1) is 12.7 Å². The van der Waals surface area contributed by atoms with Crippen LogP contribution in [-0.2, 0) is 41.7 Å². The monoisotopic (exact) mass is 736 g/mol. The van der Waals surface area contributed by atoms with Crippen molar-refractivity contribution in [3.05, 3.63) is 41.6 Å². The van der Waals surface area contributed by atoms with Gasteiger partial charge in [-0.3, -0.25) is 14.3 Å². The van der Waals surface area contributed by atoms with Gasteiger partial charge in [-0.05, 0) is 113 Å². The fourth-order valence-corrected chi connectivity index (χ4v) is 9.01. The summed E-state index contributed by atoms with van der Waals surface area (Å²) < 4.78 is 54.4. The number of aromatic nitrogens is 2. The van der Waals surface area contributed by atoms with Crippen LogP contribution in [0.4, 0.5) is 14.0 Å². The number of carbonyl (C=O) groups is 3. The average Bonchev–Trinajstić information content (AvgIpc) is 3.30. The second-order valence-corrected chi connectivity index (χ2v) is 19.1. The molecule has 1 aromatic heterocycles. The summed E-state index contributed by atoms with van der Waals surface area (Å²) in [5, 5.41) is -1.56. The van der Waals surface area contributed by atoms with Gasteiger partial charge in [0.25, 0.3) is 0 Å². The molecule has 2 amide bonds. The summed E-state index contributed by atoms with van der Waals surface area (Å²) in [6.07, 6.45) is 0.768. The van der Waals surface area contributed by atoms with Gasteiger partial charge in [0.05, 0.1) is 18.5 Å². The molecule has 0 N–H and O–H groups in total. The molecule has 2 aromatic rings. The molecule has 2 heterocycles. The van der Waals surface area contributed by atoms with Crippen molar-refractivity contribution < 1.29 is 42.1 Å². The molecule has 1 fully saturated rings. The highest BCUT2D eigenvalue weighted by molar-refractivity contribution is 7.62. The van der Waals surface area contributed by atoms with Crippen LogP contribution >= 0.6 is 7.37 Å². The Labute approximate surface area is 302 Å². The van der Waals surface area contributed by atoms with E-state index in [1.165, 1.54) is 12.1 Å². The summed E-state index contributed by atoms with van der Waals surface area (Å²) in [5.41, 5.74) is -0.353. The fourth-order valence-electron chi connectivity index (χ4n) is 6.00. The quantitative estimate of drug-likeness (QED) is 0.0966. The van der Waals surface area contributed by atoms with E-state index >= 15 is 0 Å². The minimum Gasteiger partial charge on any atom is -0.459 e. The van der Waals surface area contributed by atoms with Gasteiger partial charge in [0.1, 0.15) is 28.4 Å². The molecule has 12 nitrogen and oxygen atoms in total. The zero-order valence-electron chi connectivity index (χ0n) is 32.6. The molecule has 1 saturated heterocycles. The molecule has 1 aliphatic heterocycles. The number of imide groups is 1. The third-order valence-corrected chi connectivity index (χ3v) is 11.7. The number of aryl methyl sites for hydroxylation is 1. The van der Waals surface area contributed by atoms with Crippen molar-refractivity contribution >= 4 is 25.5 Å². The van der Waals surface area contributed by atoms with Crippen LogP contribution in [0.25, 0.3) is 11.3 Å². The van der Waals surface area contributed by atoms with Crippen molar-refractivity contribution in [3.8, 4) is 11.3 Å². The van der Waals surface area contributed by atoms with Crippen molar-refractivity contribution in [2.75, 3.05) is 32.4 Å². The zero-order chi connectivity index (χ0) is 38.6. The van der Waals surface area contributed by atoms with Crippen molar-refractivity contribution in [2.45, 2.75) is 124 Å². The molecule has 51 heavy (non-hydrogen) atoms. The van der Waals surface area contributed by atoms with E-state index in [4.69, 9.17) is 18.7 Å². The second-order valence-electron chi connectivity index (χ2n) is 16.2. The van der Waals surface area contributed by atoms with Crippen LogP contribution in [0.1, 0.15) is 99.9 Å². The second kappa shape index (κ2) is 16.2. The van der Waals surface area contributed by atoms with Gasteiger partial charge < -0.3 is 23.3 Å². The van der Waals surface area contributed by atoms with Gasteiger partial charge in [0.15, 0.2) is 5.16 Å². The maximum atomic E-state index is 14.9. The van der Waals surface area contributed by atoms with E-state index in [-0.39, 0.29) is 44.5 Å². The van der Waals surface area contributed by atoms with Crippen LogP contribution in [0.3, 0.4) is 0 Å². The van der Waals surface area contributed by atoms with Crippen molar-refractivity contribution in [2.24, 2.45) is 7.05 Å². The SMILES string of the molecule is CCOP1(=O)CCN(Cc2ccc(F)cc2-c2cnc(C)n2C)C[C@@]1(CCCCN(C(=O)OC(C)(C)C)C(=O)OC(C)(C)C)C(=O)OC(C)(C)C. The van der Waals surface area contributed by atoms with E-state index in [9.17, 15) is 23.3 Å². The number of carbonyl (C=O) groups excluding carboxylic acids is 3. The molecule has 0 aliphatic carbocycles. The predicted molar refractivity (Wildman–Crippen MR) is 194 cm³/mol. The Balaban J connectivity index is 1.98. The van der Waals surface area contributed by atoms with Crippen LogP contribution in [0.2, 0.25) is 0 Å². The van der Waals surface area contributed by atoms with Crippen LogP contribution < -0.4 is 0 Å². The van der Waals surface area contributed by atoms with E-state index in [0.29, 0.717) is 25.1 Å². The highest BCUT2D eigenvalue weighted by Crippen LogP contribution is 2.64. The molecule has 3 rings (SSSR count). The summed E-state index contributed by atoms with van der Waals surface area (Å²) in [5.74, 6) is -0.243. The number of ether oxygens (including phenoxy) is 3. The Morgan fingerprint density at radius 1 is 0.961 bits per heavy atom. The Morgan fingerprint density at radius 2 is 1.55 bits per heavy atom. The molecule has 14 heteroatoms. The van der Waals surface area contributed by atoms with Crippen molar-refractivity contribution in [1.82, 2.24) is 19.4 Å². The van der Waals surface area contributed by atoms with Crippen LogP contribution in [0.5, 0.6) is 0 Å². The van der Waals surface area contributed by atoms with E-state index in [1.54, 1.807) is 81.5 Å². The minimum absolute atomic E-state index is 0.0556. The Hall–Kier alpha value is -3.28. The van der Waals surface area contributed by atoms with Gasteiger partial charge in [0, 0.05) is 45.0 Å². The molecule has 0 spiro atoms. The average molecular weight is 737 g/mol. The van der Waals surface area contributed by atoms with Gasteiger partial charge in [-0.2, -0.15) is 0 Å². The van der Waals surface area contributed by atoms with Gasteiger partial charge in [0.2, 0.25) is 7.37 Å². The first-order valence-corrected chi connectivity index (χ1v) is 19.4. The number of esters is 1. The predicted octanol–water partition coefficient (Wildman–Crippen LogP) is 8.09. The van der Waals surface area contributed by atoms with Crippen LogP contribution in [-0.4, -0.2) is 91.9 Å². The van der Waals surface area contributed by atoms with Crippen molar-refractivity contribution in [1.29, 1.82) is 0 Å². The topological polar surface area (TPSA) is 130 Å². The van der Waals surface area contributed by atoms with Gasteiger partial charge in [-0.25, -0.2) is 23.9 Å². The lowest BCUT2D eigenvalue weighted by Crippen LogP contribution is -2.56. The van der Waals surface area contributed by atoms with Crippen LogP contribution in [0.15, 0.2) is 24.4 Å². The molecule has 1 aliphatic rings. The number of hydrogen-bond acceptors (Lipinski definition) is 10. The summed E-state index contributed by atoms with van der Waals surface area (Å²) in [4.78, 5) is 47.9. The fraction of sp³-hybridized carbons (Fsp3) is 0.676. The number of amides is 2. The highest BCUT2D eigenvalue weighted by atomic mass is 31.2. The molecule has 1 unspecified atom stereocenters. The van der Waals surface area contributed by atoms with Gasteiger partial charge in [-0.1, -0.05) is 6.07 Å². The normalized spacial score (nSPS) is 20.2. The number of benzene rings is 1. The molecular formula is C37H58FN4O8P. The molecule has 1 aromatic carbocycles. The van der Waals surface area contributed by atoms with Crippen molar-refractivity contribution in [3.63, 3.8) is 0 Å². The number of rotatable bonds is 11. The number of hydrogen-bond donors (Lipinski definition) is 0. The molecule has 286 valence electrons. The zero-order valence-corrected chi connectivity index (χ0v) is 33.4. The first kappa shape index (κ1) is 42.1. The summed E-state index contributed by atoms with van der Waals surface area (Å²) in [7, 11) is -1.80. The Morgan fingerprint density at radius 3 is 2.06 bits per heavy atom. The first-order valence-electron chi connectivity index (χ1n) is 17.6. The van der Waals surface area contributed by atoms with E-state index in [1.807, 2.05) is 23.4 Å². The molecule has 0 radical (unpaired) electrons. The third-order valence-electron chi connectivity index (χ3n) is 8.38. The molecular weight excluding hydrogens is 678 g/mol. The maximum absolute atomic E-state index is 14.9. The molecule has 2 atom stereocenters. The number of unbranched alkanes of at least 4 members (excludes halogenated alkanes) is 1. The molecule has 0 bridgehead atoms. The van der Waals surface area contributed by atoms with Gasteiger partial charge >= 0.3 is 18.2 Å². The number of imidazole rings is 1. The standard InChI is InChI=1S/C37H58FN4O8P/c1-13-47-51(46)21-20-41(24-27-16-17-28(38)22-29(27)30-23-39-26(2)40(30)12)25-37(51,31(43)48-34(3,4)5)18-14-15-19-42(32(44)49-35(6,7)8)33(45)50-36(9,10)11/h16-17,22-23H,13-15,18-21,24-25H2,1-12H3/t37-,51?/m0/s1. The van der Waals surface area contributed by atoms with E-state index in [2.05, 4.69) is 4.98 Å². The summed E-state index contributed by atoms with van der Waals surface area (Å²) in [6, 6.07) is 4.60. The lowest BCUT2D eigenvalue weighted by Gasteiger charge is -2.46. The number of halogens is 1. The minimum atomic E-state index is -3.67. The Bertz CT molecular complexity index is 1580. The number of nitrogens with zero attached hydrogens (tertiary/aromatic N) is 4. The largest absolute Gasteiger partial charge is 0.459 e. The summed E-state index contributed by atoms with van der Waals surface area (Å²) >= 11 is 0. The highest BCUT2D eigenvalue weighted by Gasteiger charge is 2.59. The lowest BCUT2D eigenvalue weighted by atomic mass is 9.97. The first-order chi connectivity index (χ1) is 23.4. The smallest absolute Gasteiger partial charge is 0.419 e. The lowest BCUT2D eigenvalue weighted by molar-refractivity contribution is -0.160. The molecule has 0 saturated carbocycles. The third kappa shape index (κ3) is 11.1. The maximum Gasteiger partial charge on any atom is 0.419 e. The van der Waals surface area contributed by atoms with E-state index in [0.717, 1.165) is 22.0 Å². The summed E-state index contributed by atoms with van der Waals surface area (Å²) in [6.45, 7) is 19.9. The van der Waals surface area contributed by atoms with E-state index < -0.39 is 47.5 Å².